The van der Waals surface area contributed by atoms with Crippen molar-refractivity contribution in [3.8, 4) is 11.6 Å². The smallest absolute Gasteiger partial charge is 0.238 e. The van der Waals surface area contributed by atoms with Crippen LogP contribution in [0, 0.1) is 5.92 Å². The van der Waals surface area contributed by atoms with Gasteiger partial charge in [-0.1, -0.05) is 6.07 Å². The number of anilines is 1. The molecule has 0 unspecified atom stereocenters. The minimum atomic E-state index is 0.0517. The largest absolute Gasteiger partial charge is 0.437 e. The third-order valence-electron chi connectivity index (χ3n) is 3.87. The van der Waals surface area contributed by atoms with Gasteiger partial charge in [-0.15, -0.1) is 5.10 Å². The van der Waals surface area contributed by atoms with Crippen LogP contribution in [0.3, 0.4) is 0 Å². The maximum atomic E-state index is 12.4. The second-order valence-corrected chi connectivity index (χ2v) is 5.76. The van der Waals surface area contributed by atoms with Crippen LogP contribution in [0.25, 0.3) is 0 Å². The van der Waals surface area contributed by atoms with Crippen LogP contribution in [0.5, 0.6) is 11.6 Å². The Morgan fingerprint density at radius 1 is 1.35 bits per heavy atom. The van der Waals surface area contributed by atoms with Crippen LogP contribution in [-0.2, 0) is 4.79 Å². The van der Waals surface area contributed by atoms with Crippen LogP contribution in [0.15, 0.2) is 42.6 Å². The molecule has 1 aromatic carbocycles. The molecule has 1 aromatic heterocycles. The summed E-state index contributed by atoms with van der Waals surface area (Å²) in [6, 6.07) is 11.2. The number of rotatable bonds is 4. The van der Waals surface area contributed by atoms with Gasteiger partial charge in [0.2, 0.25) is 11.8 Å². The molecule has 1 saturated heterocycles. The molecule has 6 nitrogen and oxygen atoms in total. The fourth-order valence-corrected chi connectivity index (χ4v) is 2.71. The normalized spacial score (nSPS) is 20.7. The maximum absolute atomic E-state index is 12.4. The highest BCUT2D eigenvalue weighted by Crippen LogP contribution is 2.24. The summed E-state index contributed by atoms with van der Waals surface area (Å²) in [7, 11) is 0. The molecule has 1 fully saturated rings. The summed E-state index contributed by atoms with van der Waals surface area (Å²) in [6.07, 6.45) is 3.32. The average molecular weight is 312 g/mol. The fraction of sp³-hybridized carbons (Fsp3) is 0.353. The quantitative estimate of drug-likeness (QED) is 0.907. The zero-order valence-electron chi connectivity index (χ0n) is 13.0. The third kappa shape index (κ3) is 4.26. The zero-order valence-corrected chi connectivity index (χ0v) is 13.0. The molecule has 0 bridgehead atoms. The molecule has 0 saturated carbocycles. The van der Waals surface area contributed by atoms with Gasteiger partial charge in [-0.05, 0) is 44.5 Å². The number of ether oxygens (including phenoxy) is 1. The van der Waals surface area contributed by atoms with Gasteiger partial charge >= 0.3 is 0 Å². The summed E-state index contributed by atoms with van der Waals surface area (Å²) < 4.78 is 5.63. The summed E-state index contributed by atoms with van der Waals surface area (Å²) >= 11 is 0. The zero-order chi connectivity index (χ0) is 16.1. The van der Waals surface area contributed by atoms with Gasteiger partial charge in [-0.3, -0.25) is 4.79 Å². The summed E-state index contributed by atoms with van der Waals surface area (Å²) in [5, 5.41) is 14.0. The Hall–Kier alpha value is -2.47. The Balaban J connectivity index is 1.64. The van der Waals surface area contributed by atoms with E-state index in [-0.39, 0.29) is 11.8 Å². The van der Waals surface area contributed by atoms with Crippen LogP contribution in [0.4, 0.5) is 5.69 Å². The molecule has 2 N–H and O–H groups in total. The molecule has 1 aliphatic heterocycles. The van der Waals surface area contributed by atoms with Gasteiger partial charge in [0, 0.05) is 36.0 Å². The lowest BCUT2D eigenvalue weighted by atomic mass is 9.92. The Morgan fingerprint density at radius 3 is 3.04 bits per heavy atom. The lowest BCUT2D eigenvalue weighted by Gasteiger charge is -2.27. The van der Waals surface area contributed by atoms with Crippen molar-refractivity contribution in [3.05, 3.63) is 42.6 Å². The van der Waals surface area contributed by atoms with E-state index in [4.69, 9.17) is 4.74 Å². The molecule has 2 atom stereocenters. The Kier molecular flexibility index (Phi) is 4.83. The Morgan fingerprint density at radius 2 is 2.26 bits per heavy atom. The molecule has 1 amide bonds. The van der Waals surface area contributed by atoms with E-state index in [0.717, 1.165) is 25.1 Å². The number of nitrogens with zero attached hydrogens (tertiary/aromatic N) is 2. The molecule has 0 spiro atoms. The second kappa shape index (κ2) is 7.19. The molecule has 1 aliphatic rings. The van der Waals surface area contributed by atoms with E-state index in [2.05, 4.69) is 27.8 Å². The highest BCUT2D eigenvalue weighted by Gasteiger charge is 2.24. The molecule has 6 heteroatoms. The molecule has 2 aromatic rings. The Bertz CT molecular complexity index is 663. The second-order valence-electron chi connectivity index (χ2n) is 5.76. The predicted octanol–water partition coefficient (Wildman–Crippen LogP) is 2.60. The van der Waals surface area contributed by atoms with E-state index in [9.17, 15) is 4.79 Å². The van der Waals surface area contributed by atoms with Crippen LogP contribution in [0.2, 0.25) is 0 Å². The summed E-state index contributed by atoms with van der Waals surface area (Å²) in [5.74, 6) is 1.15. The van der Waals surface area contributed by atoms with Crippen LogP contribution in [0.1, 0.15) is 19.8 Å². The predicted molar refractivity (Wildman–Crippen MR) is 87.4 cm³/mol. The van der Waals surface area contributed by atoms with Crippen molar-refractivity contribution in [1.82, 2.24) is 15.5 Å². The lowest BCUT2D eigenvalue weighted by molar-refractivity contribution is -0.120. The summed E-state index contributed by atoms with van der Waals surface area (Å²) in [6.45, 7) is 2.99. The first-order valence-electron chi connectivity index (χ1n) is 7.80. The lowest BCUT2D eigenvalue weighted by Crippen LogP contribution is -2.40. The van der Waals surface area contributed by atoms with Gasteiger partial charge in [-0.2, -0.15) is 5.10 Å². The molecule has 23 heavy (non-hydrogen) atoms. The van der Waals surface area contributed by atoms with Gasteiger partial charge in [0.05, 0.1) is 0 Å². The van der Waals surface area contributed by atoms with Gasteiger partial charge in [0.15, 0.2) is 0 Å². The average Bonchev–Trinajstić information content (AvgIpc) is 2.56. The topological polar surface area (TPSA) is 76.1 Å². The number of hydrogen-bond donors (Lipinski definition) is 2. The van der Waals surface area contributed by atoms with E-state index in [1.165, 1.54) is 0 Å². The van der Waals surface area contributed by atoms with Gasteiger partial charge in [-0.25, -0.2) is 0 Å². The molecule has 0 radical (unpaired) electrons. The third-order valence-corrected chi connectivity index (χ3v) is 3.87. The van der Waals surface area contributed by atoms with Crippen LogP contribution in [-0.4, -0.2) is 28.7 Å². The monoisotopic (exact) mass is 312 g/mol. The molecule has 0 aliphatic carbocycles. The number of piperidine rings is 1. The van der Waals surface area contributed by atoms with Crippen molar-refractivity contribution in [2.45, 2.75) is 25.8 Å². The number of amides is 1. The fourth-order valence-electron chi connectivity index (χ4n) is 2.71. The van der Waals surface area contributed by atoms with E-state index >= 15 is 0 Å². The molecule has 120 valence electrons. The van der Waals surface area contributed by atoms with Gasteiger partial charge in [0.1, 0.15) is 5.75 Å². The number of aromatic nitrogens is 2. The van der Waals surface area contributed by atoms with Crippen molar-refractivity contribution >= 4 is 11.6 Å². The first kappa shape index (κ1) is 15.4. The van der Waals surface area contributed by atoms with E-state index in [0.29, 0.717) is 17.7 Å². The maximum Gasteiger partial charge on any atom is 0.238 e. The number of nitrogens with one attached hydrogen (secondary N) is 2. The SMILES string of the molecule is C[C@H]1C[C@@H](C(=O)Nc2cccc(Oc3cccnn3)c2)CCN1. The first-order chi connectivity index (χ1) is 11.2. The van der Waals surface area contributed by atoms with E-state index in [1.54, 1.807) is 24.4 Å². The van der Waals surface area contributed by atoms with Crippen molar-refractivity contribution in [3.63, 3.8) is 0 Å². The van der Waals surface area contributed by atoms with Crippen molar-refractivity contribution in [2.24, 2.45) is 5.92 Å². The number of benzene rings is 1. The Labute approximate surface area is 135 Å². The number of carbonyl (C=O) groups is 1. The molecule has 2 heterocycles. The van der Waals surface area contributed by atoms with Crippen molar-refractivity contribution in [1.29, 1.82) is 0 Å². The molecular weight excluding hydrogens is 292 g/mol. The van der Waals surface area contributed by atoms with Crippen LogP contribution < -0.4 is 15.4 Å². The minimum absolute atomic E-state index is 0.0517. The summed E-state index contributed by atoms with van der Waals surface area (Å²) in [5.41, 5.74) is 0.725. The van der Waals surface area contributed by atoms with Crippen molar-refractivity contribution in [2.75, 3.05) is 11.9 Å². The van der Waals surface area contributed by atoms with Crippen LogP contribution >= 0.6 is 0 Å². The number of carbonyl (C=O) groups excluding carboxylic acids is 1. The van der Waals surface area contributed by atoms with E-state index < -0.39 is 0 Å². The van der Waals surface area contributed by atoms with E-state index in [1.807, 2.05) is 18.2 Å². The number of hydrogen-bond acceptors (Lipinski definition) is 5. The highest BCUT2D eigenvalue weighted by molar-refractivity contribution is 5.92. The minimum Gasteiger partial charge on any atom is -0.437 e. The van der Waals surface area contributed by atoms with Gasteiger partial charge < -0.3 is 15.4 Å². The molecular formula is C17H20N4O2. The molecule has 3 rings (SSSR count). The van der Waals surface area contributed by atoms with Gasteiger partial charge in [0.25, 0.3) is 0 Å². The standard InChI is InChI=1S/C17H20N4O2/c1-12-10-13(7-9-18-12)17(22)20-14-4-2-5-15(11-14)23-16-6-3-8-19-21-16/h2-6,8,11-13,18H,7,9-10H2,1H3,(H,20,22)/t12-,13-/m0/s1. The first-order valence-corrected chi connectivity index (χ1v) is 7.80. The van der Waals surface area contributed by atoms with Crippen molar-refractivity contribution < 1.29 is 9.53 Å². The highest BCUT2D eigenvalue weighted by atomic mass is 16.5. The summed E-state index contributed by atoms with van der Waals surface area (Å²) in [4.78, 5) is 12.4.